The molecule has 5 heteroatoms. The molecule has 1 saturated carbocycles. The van der Waals surface area contributed by atoms with Crippen LogP contribution >= 0.6 is 35.0 Å². The fraction of sp³-hybridized carbons (Fsp3) is 0.462. The van der Waals surface area contributed by atoms with Gasteiger partial charge in [-0.3, -0.25) is 4.79 Å². The molecule has 1 aliphatic rings. The molecule has 0 unspecified atom stereocenters. The van der Waals surface area contributed by atoms with Gasteiger partial charge in [0.2, 0.25) is 5.91 Å². The molecule has 0 spiro atoms. The van der Waals surface area contributed by atoms with Gasteiger partial charge in [0.25, 0.3) is 0 Å². The van der Waals surface area contributed by atoms with Crippen LogP contribution in [0.4, 0.5) is 0 Å². The molecular weight excluding hydrogens is 289 g/mol. The van der Waals surface area contributed by atoms with E-state index in [0.717, 1.165) is 23.8 Å². The Hall–Kier alpha value is -0.380. The maximum atomic E-state index is 11.5. The van der Waals surface area contributed by atoms with Crippen LogP contribution in [0, 0.1) is 5.92 Å². The van der Waals surface area contributed by atoms with Crippen molar-refractivity contribution in [3.63, 3.8) is 0 Å². The number of nitrogens with one attached hydrogen (secondary N) is 1. The summed E-state index contributed by atoms with van der Waals surface area (Å²) in [5.41, 5.74) is 1.09. The van der Waals surface area contributed by atoms with Crippen LogP contribution in [0.15, 0.2) is 18.2 Å². The SMILES string of the molecule is O=C(CSCc1ccc(Cl)c(Cl)c1)NCC1CC1. The zero-order valence-corrected chi connectivity index (χ0v) is 12.2. The lowest BCUT2D eigenvalue weighted by Crippen LogP contribution is -2.27. The van der Waals surface area contributed by atoms with Gasteiger partial charge in [-0.15, -0.1) is 11.8 Å². The second kappa shape index (κ2) is 6.69. The number of hydrogen-bond acceptors (Lipinski definition) is 2. The first kappa shape index (κ1) is 14.0. The van der Waals surface area contributed by atoms with Crippen LogP contribution in [0.5, 0.6) is 0 Å². The van der Waals surface area contributed by atoms with Gasteiger partial charge in [0, 0.05) is 12.3 Å². The monoisotopic (exact) mass is 303 g/mol. The molecule has 1 fully saturated rings. The number of benzene rings is 1. The summed E-state index contributed by atoms with van der Waals surface area (Å²) in [6.07, 6.45) is 2.52. The number of hydrogen-bond donors (Lipinski definition) is 1. The molecule has 2 nitrogen and oxygen atoms in total. The van der Waals surface area contributed by atoms with Gasteiger partial charge in [-0.05, 0) is 36.5 Å². The largest absolute Gasteiger partial charge is 0.355 e. The second-order valence-corrected chi connectivity index (χ2v) is 6.29. The predicted octanol–water partition coefficient (Wildman–Crippen LogP) is 3.75. The van der Waals surface area contributed by atoms with Crippen LogP contribution in [0.1, 0.15) is 18.4 Å². The van der Waals surface area contributed by atoms with Crippen molar-refractivity contribution in [3.05, 3.63) is 33.8 Å². The van der Waals surface area contributed by atoms with Gasteiger partial charge in [0.15, 0.2) is 0 Å². The van der Waals surface area contributed by atoms with Crippen LogP contribution in [-0.4, -0.2) is 18.2 Å². The molecular formula is C13H15Cl2NOS. The van der Waals surface area contributed by atoms with Crippen LogP contribution in [0.3, 0.4) is 0 Å². The summed E-state index contributed by atoms with van der Waals surface area (Å²) in [4.78, 5) is 11.5. The Kier molecular flexibility index (Phi) is 5.22. The van der Waals surface area contributed by atoms with Crippen molar-refractivity contribution in [2.75, 3.05) is 12.3 Å². The van der Waals surface area contributed by atoms with Gasteiger partial charge in [-0.1, -0.05) is 29.3 Å². The fourth-order valence-electron chi connectivity index (χ4n) is 1.52. The third-order valence-electron chi connectivity index (χ3n) is 2.77. The van der Waals surface area contributed by atoms with Crippen molar-refractivity contribution < 1.29 is 4.79 Å². The van der Waals surface area contributed by atoms with Crippen LogP contribution in [0.25, 0.3) is 0 Å². The summed E-state index contributed by atoms with van der Waals surface area (Å²) in [6, 6.07) is 5.56. The fourth-order valence-corrected chi connectivity index (χ4v) is 2.65. The molecule has 2 rings (SSSR count). The summed E-state index contributed by atoms with van der Waals surface area (Å²) in [6.45, 7) is 0.839. The zero-order valence-electron chi connectivity index (χ0n) is 9.92. The van der Waals surface area contributed by atoms with Crippen molar-refractivity contribution in [1.82, 2.24) is 5.32 Å². The Bertz CT molecular complexity index is 435. The molecule has 1 aromatic carbocycles. The number of halogens is 2. The highest BCUT2D eigenvalue weighted by Gasteiger charge is 2.21. The Morgan fingerprint density at radius 2 is 2.11 bits per heavy atom. The van der Waals surface area contributed by atoms with Crippen molar-refractivity contribution in [3.8, 4) is 0 Å². The van der Waals surface area contributed by atoms with Gasteiger partial charge in [0.1, 0.15) is 0 Å². The van der Waals surface area contributed by atoms with E-state index in [1.165, 1.54) is 12.8 Å². The highest BCUT2D eigenvalue weighted by molar-refractivity contribution is 7.99. The minimum absolute atomic E-state index is 0.118. The summed E-state index contributed by atoms with van der Waals surface area (Å²) in [7, 11) is 0. The summed E-state index contributed by atoms with van der Waals surface area (Å²) >= 11 is 13.4. The molecule has 1 aliphatic carbocycles. The molecule has 0 aromatic heterocycles. The lowest BCUT2D eigenvalue weighted by Gasteiger charge is -2.05. The molecule has 0 radical (unpaired) electrons. The first-order chi connectivity index (χ1) is 8.65. The van der Waals surface area contributed by atoms with E-state index in [2.05, 4.69) is 5.32 Å². The van der Waals surface area contributed by atoms with Crippen molar-refractivity contribution >= 4 is 40.9 Å². The van der Waals surface area contributed by atoms with Crippen LogP contribution in [-0.2, 0) is 10.5 Å². The van der Waals surface area contributed by atoms with E-state index in [1.807, 2.05) is 12.1 Å². The molecule has 0 atom stereocenters. The molecule has 0 aliphatic heterocycles. The molecule has 98 valence electrons. The van der Waals surface area contributed by atoms with Gasteiger partial charge in [-0.2, -0.15) is 0 Å². The molecule has 1 amide bonds. The van der Waals surface area contributed by atoms with Crippen LogP contribution in [0.2, 0.25) is 10.0 Å². The molecule has 0 bridgehead atoms. The first-order valence-electron chi connectivity index (χ1n) is 5.93. The van der Waals surface area contributed by atoms with Crippen molar-refractivity contribution in [1.29, 1.82) is 0 Å². The maximum absolute atomic E-state index is 11.5. The number of amides is 1. The minimum atomic E-state index is 0.118. The zero-order chi connectivity index (χ0) is 13.0. The molecule has 1 N–H and O–H groups in total. The van der Waals surface area contributed by atoms with E-state index >= 15 is 0 Å². The van der Waals surface area contributed by atoms with E-state index in [0.29, 0.717) is 15.8 Å². The quantitative estimate of drug-likeness (QED) is 0.867. The topological polar surface area (TPSA) is 29.1 Å². The number of carbonyl (C=O) groups excluding carboxylic acids is 1. The van der Waals surface area contributed by atoms with E-state index in [1.54, 1.807) is 17.8 Å². The van der Waals surface area contributed by atoms with Gasteiger partial charge >= 0.3 is 0 Å². The van der Waals surface area contributed by atoms with E-state index in [-0.39, 0.29) is 5.91 Å². The smallest absolute Gasteiger partial charge is 0.230 e. The normalized spacial score (nSPS) is 14.6. The molecule has 18 heavy (non-hydrogen) atoms. The Morgan fingerprint density at radius 1 is 1.33 bits per heavy atom. The standard InChI is InChI=1S/C13H15Cl2NOS/c14-11-4-3-10(5-12(11)15)7-18-8-13(17)16-6-9-1-2-9/h3-5,9H,1-2,6-8H2,(H,16,17). The second-order valence-electron chi connectivity index (χ2n) is 4.49. The number of carbonyl (C=O) groups is 1. The third-order valence-corrected chi connectivity index (χ3v) is 4.51. The minimum Gasteiger partial charge on any atom is -0.355 e. The summed E-state index contributed by atoms with van der Waals surface area (Å²) in [5, 5.41) is 4.07. The van der Waals surface area contributed by atoms with Gasteiger partial charge in [0.05, 0.1) is 15.8 Å². The van der Waals surface area contributed by atoms with E-state index in [9.17, 15) is 4.79 Å². The molecule has 1 aromatic rings. The van der Waals surface area contributed by atoms with E-state index in [4.69, 9.17) is 23.2 Å². The highest BCUT2D eigenvalue weighted by atomic mass is 35.5. The predicted molar refractivity (Wildman–Crippen MR) is 78.4 cm³/mol. The lowest BCUT2D eigenvalue weighted by molar-refractivity contribution is -0.118. The molecule has 0 heterocycles. The lowest BCUT2D eigenvalue weighted by atomic mass is 10.2. The average molecular weight is 304 g/mol. The summed E-state index contributed by atoms with van der Waals surface area (Å²) in [5.74, 6) is 2.11. The number of thioether (sulfide) groups is 1. The molecule has 0 saturated heterocycles. The maximum Gasteiger partial charge on any atom is 0.230 e. The third kappa shape index (κ3) is 4.71. The highest BCUT2D eigenvalue weighted by Crippen LogP contribution is 2.27. The number of rotatable bonds is 6. The average Bonchev–Trinajstić information content (AvgIpc) is 3.15. The Labute approximate surface area is 121 Å². The Balaban J connectivity index is 1.67. The van der Waals surface area contributed by atoms with E-state index < -0.39 is 0 Å². The van der Waals surface area contributed by atoms with Crippen molar-refractivity contribution in [2.24, 2.45) is 5.92 Å². The van der Waals surface area contributed by atoms with Crippen molar-refractivity contribution in [2.45, 2.75) is 18.6 Å². The first-order valence-corrected chi connectivity index (χ1v) is 7.84. The Morgan fingerprint density at radius 3 is 2.78 bits per heavy atom. The van der Waals surface area contributed by atoms with Gasteiger partial charge < -0.3 is 5.32 Å². The summed E-state index contributed by atoms with van der Waals surface area (Å²) < 4.78 is 0. The van der Waals surface area contributed by atoms with Gasteiger partial charge in [-0.25, -0.2) is 0 Å². The van der Waals surface area contributed by atoms with Crippen LogP contribution < -0.4 is 5.32 Å².